The van der Waals surface area contributed by atoms with Gasteiger partial charge in [-0.25, -0.2) is 18.4 Å². The molecule has 1 aliphatic heterocycles. The summed E-state index contributed by atoms with van der Waals surface area (Å²) in [6.07, 6.45) is 4.11. The molecule has 5 rings (SSSR count). The van der Waals surface area contributed by atoms with E-state index in [1.54, 1.807) is 30.1 Å². The quantitative estimate of drug-likeness (QED) is 0.328. The summed E-state index contributed by atoms with van der Waals surface area (Å²) in [5.74, 6) is 0.749. The Morgan fingerprint density at radius 1 is 1.05 bits per heavy atom. The van der Waals surface area contributed by atoms with Gasteiger partial charge >= 0.3 is 0 Å². The van der Waals surface area contributed by atoms with Crippen LogP contribution in [-0.4, -0.2) is 70.2 Å². The second-order valence-corrected chi connectivity index (χ2v) is 12.0. The Balaban J connectivity index is 1.46. The number of nitrogens with one attached hydrogen (secondary N) is 1. The molecule has 1 saturated heterocycles. The first-order chi connectivity index (χ1) is 19.2. The predicted molar refractivity (Wildman–Crippen MR) is 154 cm³/mol. The molecule has 1 N–H and O–H groups in total. The van der Waals surface area contributed by atoms with E-state index in [9.17, 15) is 13.2 Å². The van der Waals surface area contributed by atoms with Crippen LogP contribution in [0.2, 0.25) is 0 Å². The lowest BCUT2D eigenvalue weighted by atomic mass is 10.2. The summed E-state index contributed by atoms with van der Waals surface area (Å²) in [5, 5.41) is 4.52. The Bertz CT molecular complexity index is 1670. The van der Waals surface area contributed by atoms with Crippen LogP contribution < -0.4 is 15.2 Å². The molecule has 4 aromatic rings. The second-order valence-electron chi connectivity index (χ2n) is 10.0. The number of H-pyrrole nitrogens is 1. The average molecular weight is 566 g/mol. The van der Waals surface area contributed by atoms with E-state index in [0.29, 0.717) is 72.4 Å². The molecule has 4 heterocycles. The van der Waals surface area contributed by atoms with Gasteiger partial charge in [-0.1, -0.05) is 38.0 Å². The summed E-state index contributed by atoms with van der Waals surface area (Å²) < 4.78 is 35.4. The molecule has 0 atom stereocenters. The number of anilines is 1. The highest BCUT2D eigenvalue weighted by Crippen LogP contribution is 2.31. The molecule has 1 aromatic carbocycles. The summed E-state index contributed by atoms with van der Waals surface area (Å²) in [7, 11) is -1.83. The summed E-state index contributed by atoms with van der Waals surface area (Å²) >= 11 is 0. The van der Waals surface area contributed by atoms with E-state index in [0.717, 1.165) is 29.8 Å². The number of sulfonamides is 1. The first-order valence-electron chi connectivity index (χ1n) is 13.6. The van der Waals surface area contributed by atoms with Gasteiger partial charge < -0.3 is 14.6 Å². The molecule has 0 amide bonds. The van der Waals surface area contributed by atoms with Gasteiger partial charge in [-0.2, -0.15) is 9.40 Å². The maximum absolute atomic E-state index is 13.2. The molecule has 3 aromatic heterocycles. The van der Waals surface area contributed by atoms with Gasteiger partial charge in [-0.3, -0.25) is 9.48 Å². The Kier molecular flexibility index (Phi) is 7.90. The van der Waals surface area contributed by atoms with Gasteiger partial charge in [0.1, 0.15) is 11.3 Å². The molecule has 0 aliphatic carbocycles. The highest BCUT2D eigenvalue weighted by atomic mass is 32.2. The number of aryl methyl sites for hydroxylation is 3. The number of nitrogens with zero attached hydrogens (tertiary/aromatic N) is 6. The normalized spacial score (nSPS) is 14.7. The second kappa shape index (κ2) is 11.4. The van der Waals surface area contributed by atoms with Crippen molar-refractivity contribution >= 4 is 26.7 Å². The van der Waals surface area contributed by atoms with E-state index in [-0.39, 0.29) is 5.56 Å². The number of hydrogen-bond donors (Lipinski definition) is 1. The van der Waals surface area contributed by atoms with Crippen LogP contribution in [0.15, 0.2) is 46.2 Å². The van der Waals surface area contributed by atoms with Gasteiger partial charge in [-0.15, -0.1) is 0 Å². The number of ether oxygens (including phenoxy) is 1. The Labute approximate surface area is 233 Å². The van der Waals surface area contributed by atoms with Gasteiger partial charge in [-0.05, 0) is 38.0 Å². The van der Waals surface area contributed by atoms with Gasteiger partial charge in [0.2, 0.25) is 15.9 Å². The molecular weight excluding hydrogens is 530 g/mol. The van der Waals surface area contributed by atoms with Crippen molar-refractivity contribution in [2.75, 3.05) is 37.7 Å². The van der Waals surface area contributed by atoms with Crippen LogP contribution in [0.5, 0.6) is 5.88 Å². The number of hydrogen-bond acceptors (Lipinski definition) is 8. The molecule has 0 radical (unpaired) electrons. The van der Waals surface area contributed by atoms with Crippen LogP contribution in [0, 0.1) is 6.92 Å². The van der Waals surface area contributed by atoms with Gasteiger partial charge in [0, 0.05) is 33.2 Å². The van der Waals surface area contributed by atoms with Crippen LogP contribution in [0.1, 0.15) is 37.9 Å². The fraction of sp³-hybridized carbons (Fsp3) is 0.429. The lowest BCUT2D eigenvalue weighted by molar-refractivity contribution is 0.306. The van der Waals surface area contributed by atoms with E-state index in [1.165, 1.54) is 4.31 Å². The third kappa shape index (κ3) is 5.33. The molecule has 212 valence electrons. The SMILES string of the molecule is CCCOc1ncc(N2CCN(S(=O)(=O)c3ccc(C)cc3)CC2)cc1-c1nc2c(CCC)nn(C)c2c(=O)[nH]1. The molecule has 11 nitrogen and oxygen atoms in total. The Morgan fingerprint density at radius 2 is 1.77 bits per heavy atom. The molecule has 1 fully saturated rings. The van der Waals surface area contributed by atoms with Crippen molar-refractivity contribution in [3.05, 3.63) is 58.1 Å². The van der Waals surface area contributed by atoms with Crippen LogP contribution >= 0.6 is 0 Å². The van der Waals surface area contributed by atoms with Gasteiger partial charge in [0.15, 0.2) is 5.52 Å². The predicted octanol–water partition coefficient (Wildman–Crippen LogP) is 3.28. The zero-order chi connectivity index (χ0) is 28.4. The minimum Gasteiger partial charge on any atom is -0.477 e. The standard InChI is InChI=1S/C28H35N7O4S/c1-5-7-23-24-25(33(4)32-23)27(36)31-26(30-24)22-17-20(18-29-28(22)39-16-6-2)34-12-14-35(15-13-34)40(37,38)21-10-8-19(3)9-11-21/h8-11,17-18H,5-7,12-16H2,1-4H3,(H,30,31,36). The van der Waals surface area contributed by atoms with E-state index in [2.05, 4.69) is 26.9 Å². The maximum atomic E-state index is 13.2. The van der Waals surface area contributed by atoms with Crippen LogP contribution in [0.4, 0.5) is 5.69 Å². The first-order valence-corrected chi connectivity index (χ1v) is 15.1. The van der Waals surface area contributed by atoms with Crippen LogP contribution in [0.3, 0.4) is 0 Å². The number of benzene rings is 1. The fourth-order valence-corrected chi connectivity index (χ4v) is 6.35. The molecule has 0 saturated carbocycles. The van der Waals surface area contributed by atoms with Gasteiger partial charge in [0.25, 0.3) is 5.56 Å². The lowest BCUT2D eigenvalue weighted by Gasteiger charge is -2.35. The first kappa shape index (κ1) is 27.8. The number of rotatable bonds is 9. The summed E-state index contributed by atoms with van der Waals surface area (Å²) in [6, 6.07) is 8.83. The highest BCUT2D eigenvalue weighted by molar-refractivity contribution is 7.89. The monoisotopic (exact) mass is 565 g/mol. The molecular formula is C28H35N7O4S. The van der Waals surface area contributed by atoms with Gasteiger partial charge in [0.05, 0.1) is 34.6 Å². The van der Waals surface area contributed by atoms with Crippen molar-refractivity contribution in [1.82, 2.24) is 29.0 Å². The van der Waals surface area contributed by atoms with E-state index >= 15 is 0 Å². The van der Waals surface area contributed by atoms with Crippen molar-refractivity contribution in [2.45, 2.75) is 44.9 Å². The zero-order valence-electron chi connectivity index (χ0n) is 23.3. The van der Waals surface area contributed by atoms with Crippen molar-refractivity contribution in [1.29, 1.82) is 0 Å². The number of piperazine rings is 1. The van der Waals surface area contributed by atoms with Crippen molar-refractivity contribution in [3.63, 3.8) is 0 Å². The van der Waals surface area contributed by atoms with Crippen molar-refractivity contribution in [2.24, 2.45) is 7.05 Å². The number of pyridine rings is 1. The topological polar surface area (TPSA) is 126 Å². The minimum atomic E-state index is -3.57. The fourth-order valence-electron chi connectivity index (χ4n) is 4.92. The largest absolute Gasteiger partial charge is 0.477 e. The lowest BCUT2D eigenvalue weighted by Crippen LogP contribution is -2.48. The molecule has 0 spiro atoms. The summed E-state index contributed by atoms with van der Waals surface area (Å²) in [4.78, 5) is 27.8. The number of aromatic nitrogens is 5. The molecule has 1 aliphatic rings. The highest BCUT2D eigenvalue weighted by Gasteiger charge is 2.29. The smallest absolute Gasteiger partial charge is 0.277 e. The Morgan fingerprint density at radius 3 is 2.45 bits per heavy atom. The van der Waals surface area contributed by atoms with Crippen LogP contribution in [0.25, 0.3) is 22.4 Å². The molecule has 0 bridgehead atoms. The van der Waals surface area contributed by atoms with E-state index in [4.69, 9.17) is 9.72 Å². The van der Waals surface area contributed by atoms with Crippen molar-refractivity contribution < 1.29 is 13.2 Å². The van der Waals surface area contributed by atoms with Crippen molar-refractivity contribution in [3.8, 4) is 17.3 Å². The Hall–Kier alpha value is -3.77. The summed E-state index contributed by atoms with van der Waals surface area (Å²) in [5.41, 5.74) is 3.89. The maximum Gasteiger partial charge on any atom is 0.277 e. The number of fused-ring (bicyclic) bond motifs is 1. The third-order valence-electron chi connectivity index (χ3n) is 7.05. The zero-order valence-corrected chi connectivity index (χ0v) is 24.2. The minimum absolute atomic E-state index is 0.279. The molecule has 12 heteroatoms. The van der Waals surface area contributed by atoms with E-state index < -0.39 is 10.0 Å². The number of aromatic amines is 1. The average Bonchev–Trinajstić information content (AvgIpc) is 3.27. The summed E-state index contributed by atoms with van der Waals surface area (Å²) in [6.45, 7) is 8.14. The molecule has 40 heavy (non-hydrogen) atoms. The molecule has 0 unspecified atom stereocenters. The van der Waals surface area contributed by atoms with Crippen LogP contribution in [-0.2, 0) is 23.5 Å². The third-order valence-corrected chi connectivity index (χ3v) is 8.96. The van der Waals surface area contributed by atoms with E-state index in [1.807, 2.05) is 32.0 Å².